The summed E-state index contributed by atoms with van der Waals surface area (Å²) in [5, 5.41) is 18.6. The minimum atomic E-state index is -0.326. The molecule has 0 amide bonds. The summed E-state index contributed by atoms with van der Waals surface area (Å²) in [6.45, 7) is 5.88. The first-order valence-electron chi connectivity index (χ1n) is 6.52. The van der Waals surface area contributed by atoms with Crippen LogP contribution in [0.25, 0.3) is 0 Å². The summed E-state index contributed by atoms with van der Waals surface area (Å²) < 4.78 is 0. The maximum Gasteiger partial charge on any atom is 0.272 e. The van der Waals surface area contributed by atoms with Gasteiger partial charge in [-0.1, -0.05) is 12.1 Å². The predicted molar refractivity (Wildman–Crippen MR) is 82.1 cm³/mol. The molecule has 20 heavy (non-hydrogen) atoms. The van der Waals surface area contributed by atoms with Gasteiger partial charge >= 0.3 is 0 Å². The molecule has 106 valence electrons. The molecular weight excluding hydrogens is 272 g/mol. The van der Waals surface area contributed by atoms with E-state index in [9.17, 15) is 10.1 Å². The summed E-state index contributed by atoms with van der Waals surface area (Å²) in [5.41, 5.74) is 3.05. The van der Waals surface area contributed by atoms with Crippen molar-refractivity contribution in [2.24, 2.45) is 0 Å². The summed E-state index contributed by atoms with van der Waals surface area (Å²) in [6.07, 6.45) is 0. The van der Waals surface area contributed by atoms with Crippen molar-refractivity contribution < 1.29 is 4.92 Å². The number of nitrogens with zero attached hydrogens (tertiary/aromatic N) is 1. The van der Waals surface area contributed by atoms with Crippen molar-refractivity contribution in [1.82, 2.24) is 5.32 Å². The zero-order chi connectivity index (χ0) is 14.7. The third kappa shape index (κ3) is 3.23. The molecule has 2 atom stereocenters. The molecule has 0 aliphatic heterocycles. The van der Waals surface area contributed by atoms with Crippen LogP contribution in [0.3, 0.4) is 0 Å². The van der Waals surface area contributed by atoms with Gasteiger partial charge in [-0.25, -0.2) is 0 Å². The van der Waals surface area contributed by atoms with Gasteiger partial charge in [0.05, 0.1) is 4.92 Å². The third-order valence-electron chi connectivity index (χ3n) is 3.47. The molecule has 0 saturated heterocycles. The van der Waals surface area contributed by atoms with Crippen LogP contribution in [0.5, 0.6) is 0 Å². The van der Waals surface area contributed by atoms with Gasteiger partial charge in [-0.2, -0.15) is 11.3 Å². The second-order valence-corrected chi connectivity index (χ2v) is 5.75. The number of nitro benzene ring substituents is 1. The normalized spacial score (nSPS) is 13.9. The number of thiophene rings is 1. The number of nitro groups is 1. The van der Waals surface area contributed by atoms with Crippen LogP contribution in [0.1, 0.15) is 42.6 Å². The molecule has 1 aromatic carbocycles. The van der Waals surface area contributed by atoms with E-state index in [0.29, 0.717) is 5.56 Å². The molecule has 2 unspecified atom stereocenters. The minimum Gasteiger partial charge on any atom is -0.304 e. The van der Waals surface area contributed by atoms with Crippen molar-refractivity contribution in [2.45, 2.75) is 32.9 Å². The van der Waals surface area contributed by atoms with E-state index in [1.165, 1.54) is 5.56 Å². The molecule has 0 aliphatic carbocycles. The van der Waals surface area contributed by atoms with Gasteiger partial charge in [0, 0.05) is 23.7 Å². The Morgan fingerprint density at radius 3 is 2.50 bits per heavy atom. The molecule has 2 aromatic rings. The number of nitrogens with one attached hydrogen (secondary N) is 1. The Hall–Kier alpha value is -1.72. The van der Waals surface area contributed by atoms with E-state index in [1.807, 2.05) is 13.0 Å². The lowest BCUT2D eigenvalue weighted by Crippen LogP contribution is -2.22. The lowest BCUT2D eigenvalue weighted by molar-refractivity contribution is -0.385. The van der Waals surface area contributed by atoms with Gasteiger partial charge in [0.1, 0.15) is 0 Å². The second-order valence-electron chi connectivity index (χ2n) is 4.97. The summed E-state index contributed by atoms with van der Waals surface area (Å²) in [4.78, 5) is 10.7. The average Bonchev–Trinajstić information content (AvgIpc) is 2.92. The first kappa shape index (κ1) is 14.7. The zero-order valence-electron chi connectivity index (χ0n) is 11.8. The van der Waals surface area contributed by atoms with E-state index in [0.717, 1.165) is 5.56 Å². The molecule has 0 aliphatic rings. The largest absolute Gasteiger partial charge is 0.304 e. The highest BCUT2D eigenvalue weighted by Gasteiger charge is 2.16. The molecule has 0 bridgehead atoms. The highest BCUT2D eigenvalue weighted by molar-refractivity contribution is 7.07. The van der Waals surface area contributed by atoms with E-state index in [4.69, 9.17) is 0 Å². The number of benzene rings is 1. The van der Waals surface area contributed by atoms with Gasteiger partial charge in [0.15, 0.2) is 0 Å². The minimum absolute atomic E-state index is 0.0594. The Morgan fingerprint density at radius 2 is 1.90 bits per heavy atom. The van der Waals surface area contributed by atoms with Crippen molar-refractivity contribution in [3.63, 3.8) is 0 Å². The third-order valence-corrected chi connectivity index (χ3v) is 4.17. The SMILES string of the molecule is Cc1ccc(C(C)NC(C)c2ccsc2)cc1[N+](=O)[O-]. The Kier molecular flexibility index (Phi) is 4.52. The standard InChI is InChI=1S/C15H18N2O2S/c1-10-4-5-13(8-15(10)17(18)19)11(2)16-12(3)14-6-7-20-9-14/h4-9,11-12,16H,1-3H3. The van der Waals surface area contributed by atoms with E-state index in [1.54, 1.807) is 30.4 Å². The zero-order valence-corrected chi connectivity index (χ0v) is 12.6. The van der Waals surface area contributed by atoms with Crippen LogP contribution in [0.2, 0.25) is 0 Å². The Morgan fingerprint density at radius 1 is 1.20 bits per heavy atom. The molecular formula is C15H18N2O2S. The van der Waals surface area contributed by atoms with Gasteiger partial charge in [0.25, 0.3) is 5.69 Å². The fraction of sp³-hybridized carbons (Fsp3) is 0.333. The van der Waals surface area contributed by atoms with Crippen molar-refractivity contribution in [1.29, 1.82) is 0 Å². The van der Waals surface area contributed by atoms with Gasteiger partial charge in [-0.3, -0.25) is 10.1 Å². The highest BCUT2D eigenvalue weighted by Crippen LogP contribution is 2.25. The van der Waals surface area contributed by atoms with Crippen LogP contribution in [0, 0.1) is 17.0 Å². The molecule has 0 saturated carbocycles. The van der Waals surface area contributed by atoms with Gasteiger partial charge in [-0.15, -0.1) is 0 Å². The molecule has 0 radical (unpaired) electrons. The highest BCUT2D eigenvalue weighted by atomic mass is 32.1. The lowest BCUT2D eigenvalue weighted by atomic mass is 10.0. The molecule has 0 fully saturated rings. The molecule has 0 spiro atoms. The van der Waals surface area contributed by atoms with Crippen LogP contribution in [0.4, 0.5) is 5.69 Å². The Labute approximate surface area is 122 Å². The molecule has 2 rings (SSSR count). The Bertz CT molecular complexity index is 596. The first-order chi connectivity index (χ1) is 9.49. The van der Waals surface area contributed by atoms with Crippen LogP contribution in [-0.2, 0) is 0 Å². The Balaban J connectivity index is 2.15. The molecule has 1 N–H and O–H groups in total. The monoisotopic (exact) mass is 290 g/mol. The topological polar surface area (TPSA) is 55.2 Å². The van der Waals surface area contributed by atoms with E-state index < -0.39 is 0 Å². The van der Waals surface area contributed by atoms with Gasteiger partial charge in [-0.05, 0) is 48.7 Å². The van der Waals surface area contributed by atoms with E-state index in [2.05, 4.69) is 29.1 Å². The van der Waals surface area contributed by atoms with Crippen LogP contribution < -0.4 is 5.32 Å². The summed E-state index contributed by atoms with van der Waals surface area (Å²) >= 11 is 1.67. The fourth-order valence-electron chi connectivity index (χ4n) is 2.18. The van der Waals surface area contributed by atoms with E-state index in [-0.39, 0.29) is 22.7 Å². The van der Waals surface area contributed by atoms with Crippen LogP contribution in [-0.4, -0.2) is 4.92 Å². The lowest BCUT2D eigenvalue weighted by Gasteiger charge is -2.20. The summed E-state index contributed by atoms with van der Waals surface area (Å²) in [5.74, 6) is 0. The smallest absolute Gasteiger partial charge is 0.272 e. The fourth-order valence-corrected chi connectivity index (χ4v) is 2.94. The van der Waals surface area contributed by atoms with Crippen LogP contribution >= 0.6 is 11.3 Å². The van der Waals surface area contributed by atoms with Crippen molar-refractivity contribution in [3.8, 4) is 0 Å². The molecule has 5 heteroatoms. The van der Waals surface area contributed by atoms with Crippen molar-refractivity contribution in [2.75, 3.05) is 0 Å². The van der Waals surface area contributed by atoms with E-state index >= 15 is 0 Å². The second kappa shape index (κ2) is 6.15. The first-order valence-corrected chi connectivity index (χ1v) is 7.46. The number of aryl methyl sites for hydroxylation is 1. The van der Waals surface area contributed by atoms with Crippen molar-refractivity contribution >= 4 is 17.0 Å². The quantitative estimate of drug-likeness (QED) is 0.657. The molecule has 1 aromatic heterocycles. The number of rotatable bonds is 5. The number of hydrogen-bond donors (Lipinski definition) is 1. The maximum atomic E-state index is 11.0. The molecule has 4 nitrogen and oxygen atoms in total. The summed E-state index contributed by atoms with van der Waals surface area (Å²) in [7, 11) is 0. The summed E-state index contributed by atoms with van der Waals surface area (Å²) in [6, 6.07) is 7.78. The predicted octanol–water partition coefficient (Wildman–Crippen LogP) is 4.38. The molecule has 1 heterocycles. The number of hydrogen-bond acceptors (Lipinski definition) is 4. The average molecular weight is 290 g/mol. The van der Waals surface area contributed by atoms with Crippen molar-refractivity contribution in [3.05, 3.63) is 61.8 Å². The van der Waals surface area contributed by atoms with Gasteiger partial charge < -0.3 is 5.32 Å². The maximum absolute atomic E-state index is 11.0. The van der Waals surface area contributed by atoms with Crippen LogP contribution in [0.15, 0.2) is 35.0 Å². The van der Waals surface area contributed by atoms with Gasteiger partial charge in [0.2, 0.25) is 0 Å².